The lowest BCUT2D eigenvalue weighted by Gasteiger charge is -2.35. The molecule has 0 bridgehead atoms. The molecule has 2 aromatic carbocycles. The van der Waals surface area contributed by atoms with Crippen LogP contribution in [-0.4, -0.2) is 57.9 Å². The summed E-state index contributed by atoms with van der Waals surface area (Å²) in [5, 5.41) is 9.48. The van der Waals surface area contributed by atoms with Gasteiger partial charge < -0.3 is 34.9 Å². The van der Waals surface area contributed by atoms with E-state index in [9.17, 15) is 14.4 Å². The zero-order valence-electron chi connectivity index (χ0n) is 26.9. The van der Waals surface area contributed by atoms with Gasteiger partial charge in [0.15, 0.2) is 11.5 Å². The molecule has 0 radical (unpaired) electrons. The van der Waals surface area contributed by atoms with E-state index in [1.807, 2.05) is 12.1 Å². The number of rotatable bonds is 12. The Balaban J connectivity index is 1.47. The minimum atomic E-state index is -0.358. The minimum Gasteiger partial charge on any atom is -0.493 e. The highest BCUT2D eigenvalue weighted by Crippen LogP contribution is 2.50. The van der Waals surface area contributed by atoms with Crippen molar-refractivity contribution in [1.82, 2.24) is 10.6 Å². The maximum absolute atomic E-state index is 13.5. The van der Waals surface area contributed by atoms with Crippen molar-refractivity contribution in [2.24, 2.45) is 0 Å². The van der Waals surface area contributed by atoms with Gasteiger partial charge in [-0.15, -0.1) is 0 Å². The molecule has 2 aliphatic rings. The van der Waals surface area contributed by atoms with E-state index in [0.717, 1.165) is 54.4 Å². The first-order valence-corrected chi connectivity index (χ1v) is 15.5. The molecule has 1 saturated heterocycles. The number of ether oxygens (including phenoxy) is 4. The molecule has 1 aliphatic heterocycles. The molecule has 4 rings (SSSR count). The van der Waals surface area contributed by atoms with Crippen LogP contribution in [0.25, 0.3) is 11.1 Å². The van der Waals surface area contributed by atoms with Gasteiger partial charge in [0.2, 0.25) is 23.0 Å². The van der Waals surface area contributed by atoms with Gasteiger partial charge in [0.25, 0.3) is 0 Å². The summed E-state index contributed by atoms with van der Waals surface area (Å²) >= 11 is 0. The summed E-state index contributed by atoms with van der Waals surface area (Å²) < 4.78 is 22.8. The van der Waals surface area contributed by atoms with Crippen molar-refractivity contribution in [3.05, 3.63) is 45.6 Å². The first kappa shape index (κ1) is 33.1. The summed E-state index contributed by atoms with van der Waals surface area (Å²) in [6.07, 6.45) is 5.85. The number of carbonyl (C=O) groups is 2. The largest absolute Gasteiger partial charge is 0.493 e. The van der Waals surface area contributed by atoms with Crippen molar-refractivity contribution in [3.8, 4) is 28.4 Å². The van der Waals surface area contributed by atoms with Gasteiger partial charge >= 0.3 is 0 Å². The molecule has 1 aliphatic carbocycles. The predicted molar refractivity (Wildman–Crippen MR) is 171 cm³/mol. The monoisotopic (exact) mass is 609 g/mol. The number of benzene rings is 1. The summed E-state index contributed by atoms with van der Waals surface area (Å²) in [6.45, 7) is 6.86. The maximum atomic E-state index is 13.5. The zero-order chi connectivity index (χ0) is 31.9. The highest BCUT2D eigenvalue weighted by Gasteiger charge is 2.30. The number of anilines is 1. The maximum Gasteiger partial charge on any atom is 0.220 e. The number of hydrogen-bond donors (Lipinski definition) is 3. The molecule has 0 aromatic heterocycles. The fraction of sp³-hybridized carbons (Fsp3) is 0.559. The molecule has 2 atom stereocenters. The molecule has 2 aromatic rings. The molecule has 1 fully saturated rings. The van der Waals surface area contributed by atoms with E-state index < -0.39 is 0 Å². The number of amides is 2. The molecule has 3 N–H and O–H groups in total. The molecular formula is C34H47N3O7. The normalized spacial score (nSPS) is 18.6. The van der Waals surface area contributed by atoms with Crippen LogP contribution in [-0.2, 0) is 20.7 Å². The van der Waals surface area contributed by atoms with Crippen molar-refractivity contribution >= 4 is 17.5 Å². The number of nitrogens with one attached hydrogen (secondary N) is 3. The third-order valence-corrected chi connectivity index (χ3v) is 8.37. The Bertz CT molecular complexity index is 1410. The molecule has 44 heavy (non-hydrogen) atoms. The molecule has 10 nitrogen and oxygen atoms in total. The van der Waals surface area contributed by atoms with Crippen LogP contribution >= 0.6 is 0 Å². The number of fused-ring (bicyclic) bond motifs is 3. The third kappa shape index (κ3) is 8.02. The smallest absolute Gasteiger partial charge is 0.220 e. The standard InChI is InChI=1S/C34H47N3O7/c1-21(38)36-26-13-11-22-18-29(41-4)32(42-5)33(43-6)31(22)24-12-14-27(28(39)19-25(24)26)35-16-9-7-8-10-30(40)37-23-15-17-44-34(2,3)20-23/h12,14,18-19,23,26H,7-11,13,15-17,20H2,1-6H3,(H,35,39)(H,36,38)(H,37,40)/t23?,26-/m0/s1. The van der Waals surface area contributed by atoms with Crippen LogP contribution in [0.15, 0.2) is 29.1 Å². The van der Waals surface area contributed by atoms with E-state index >= 15 is 0 Å². The zero-order valence-corrected chi connectivity index (χ0v) is 26.9. The van der Waals surface area contributed by atoms with E-state index in [-0.39, 0.29) is 34.9 Å². The van der Waals surface area contributed by atoms with Gasteiger partial charge in [0.05, 0.1) is 38.7 Å². The molecule has 10 heteroatoms. The molecular weight excluding hydrogens is 562 g/mol. The number of aryl methyl sites for hydroxylation is 1. The van der Waals surface area contributed by atoms with Crippen LogP contribution in [0.2, 0.25) is 0 Å². The van der Waals surface area contributed by atoms with Gasteiger partial charge in [0, 0.05) is 38.1 Å². The van der Waals surface area contributed by atoms with Gasteiger partial charge in [-0.3, -0.25) is 14.4 Å². The predicted octanol–water partition coefficient (Wildman–Crippen LogP) is 4.91. The van der Waals surface area contributed by atoms with E-state index in [0.29, 0.717) is 55.4 Å². The molecule has 0 saturated carbocycles. The Morgan fingerprint density at radius 3 is 2.43 bits per heavy atom. The van der Waals surface area contributed by atoms with Gasteiger partial charge in [-0.05, 0) is 87.3 Å². The van der Waals surface area contributed by atoms with E-state index in [1.165, 1.54) is 6.92 Å². The topological polar surface area (TPSA) is 124 Å². The van der Waals surface area contributed by atoms with Crippen molar-refractivity contribution in [1.29, 1.82) is 0 Å². The number of carbonyl (C=O) groups excluding carboxylic acids is 2. The van der Waals surface area contributed by atoms with Crippen LogP contribution in [0.4, 0.5) is 5.69 Å². The van der Waals surface area contributed by atoms with Crippen molar-refractivity contribution in [2.45, 2.75) is 89.8 Å². The fourth-order valence-electron chi connectivity index (χ4n) is 6.32. The second kappa shape index (κ2) is 14.8. The second-order valence-corrected chi connectivity index (χ2v) is 12.2. The van der Waals surface area contributed by atoms with Gasteiger partial charge in [-0.2, -0.15) is 0 Å². The lowest BCUT2D eigenvalue weighted by molar-refractivity contribution is -0.124. The lowest BCUT2D eigenvalue weighted by Crippen LogP contribution is -2.45. The SMILES string of the molecule is COc1cc2c(c(OC)c1OC)-c1ccc(NCCCCCC(=O)NC3CCOC(C)(C)C3)c(=O)cc1[C@@H](NC(C)=O)CC2. The number of unbranched alkanes of at least 4 members (excludes halogenated alkanes) is 2. The number of hydrogen-bond acceptors (Lipinski definition) is 8. The van der Waals surface area contributed by atoms with Crippen LogP contribution in [0.5, 0.6) is 17.2 Å². The van der Waals surface area contributed by atoms with E-state index in [4.69, 9.17) is 18.9 Å². The first-order valence-electron chi connectivity index (χ1n) is 15.5. The molecule has 240 valence electrons. The summed E-state index contributed by atoms with van der Waals surface area (Å²) in [5.41, 5.74) is 3.42. The third-order valence-electron chi connectivity index (χ3n) is 8.37. The summed E-state index contributed by atoms with van der Waals surface area (Å²) in [7, 11) is 4.73. The lowest BCUT2D eigenvalue weighted by atomic mass is 9.94. The van der Waals surface area contributed by atoms with E-state index in [2.05, 4.69) is 29.8 Å². The Morgan fingerprint density at radius 2 is 1.75 bits per heavy atom. The Labute approximate surface area is 260 Å². The first-order chi connectivity index (χ1) is 21.1. The fourth-order valence-corrected chi connectivity index (χ4v) is 6.32. The van der Waals surface area contributed by atoms with Gasteiger partial charge in [0.1, 0.15) is 0 Å². The molecule has 0 spiro atoms. The van der Waals surface area contributed by atoms with Crippen LogP contribution < -0.4 is 35.6 Å². The molecule has 2 amide bonds. The Kier molecular flexibility index (Phi) is 11.1. The Hall–Kier alpha value is -3.79. The summed E-state index contributed by atoms with van der Waals surface area (Å²) in [6, 6.07) is 7.06. The van der Waals surface area contributed by atoms with Crippen LogP contribution in [0.3, 0.4) is 0 Å². The van der Waals surface area contributed by atoms with Crippen LogP contribution in [0, 0.1) is 0 Å². The van der Waals surface area contributed by atoms with Gasteiger partial charge in [-0.25, -0.2) is 0 Å². The van der Waals surface area contributed by atoms with Crippen molar-refractivity contribution < 1.29 is 28.5 Å². The Morgan fingerprint density at radius 1 is 0.977 bits per heavy atom. The average Bonchev–Trinajstić information content (AvgIpc) is 3.21. The quantitative estimate of drug-likeness (QED) is 0.290. The van der Waals surface area contributed by atoms with E-state index in [1.54, 1.807) is 33.5 Å². The van der Waals surface area contributed by atoms with Crippen LogP contribution in [0.1, 0.15) is 82.9 Å². The minimum absolute atomic E-state index is 0.0813. The summed E-state index contributed by atoms with van der Waals surface area (Å²) in [4.78, 5) is 38.1. The highest BCUT2D eigenvalue weighted by atomic mass is 16.5. The highest BCUT2D eigenvalue weighted by molar-refractivity contribution is 5.83. The molecule has 1 unspecified atom stereocenters. The van der Waals surface area contributed by atoms with Crippen molar-refractivity contribution in [3.63, 3.8) is 0 Å². The number of methoxy groups -OCH3 is 3. The average molecular weight is 610 g/mol. The molecule has 1 heterocycles. The summed E-state index contributed by atoms with van der Waals surface area (Å²) in [5.74, 6) is 1.45. The second-order valence-electron chi connectivity index (χ2n) is 12.2. The van der Waals surface area contributed by atoms with Crippen molar-refractivity contribution in [2.75, 3.05) is 39.8 Å². The van der Waals surface area contributed by atoms with Gasteiger partial charge in [-0.1, -0.05) is 12.5 Å².